The first-order valence-electron chi connectivity index (χ1n) is 8.46. The van der Waals surface area contributed by atoms with Crippen molar-refractivity contribution in [2.75, 3.05) is 0 Å². The van der Waals surface area contributed by atoms with Crippen molar-refractivity contribution in [3.63, 3.8) is 0 Å². The molecule has 0 atom stereocenters. The number of aryl methyl sites for hydroxylation is 3. The first kappa shape index (κ1) is 16.3. The Balaban J connectivity index is 2.20. The van der Waals surface area contributed by atoms with Gasteiger partial charge in [0.25, 0.3) is 0 Å². The second kappa shape index (κ2) is 6.88. The molecule has 3 aromatic carbocycles. The van der Waals surface area contributed by atoms with Crippen LogP contribution < -0.4 is 0 Å². The largest absolute Gasteiger partial charge is 0.0587 e. The van der Waals surface area contributed by atoms with Gasteiger partial charge in [-0.2, -0.15) is 0 Å². The summed E-state index contributed by atoms with van der Waals surface area (Å²) in [5.41, 5.74) is 10.3. The van der Waals surface area contributed by atoms with Crippen molar-refractivity contribution in [1.29, 1.82) is 0 Å². The predicted molar refractivity (Wildman–Crippen MR) is 105 cm³/mol. The van der Waals surface area contributed by atoms with E-state index in [1.54, 1.807) is 0 Å². The maximum atomic E-state index is 2.22. The second-order valence-electron chi connectivity index (χ2n) is 6.60. The van der Waals surface area contributed by atoms with E-state index in [0.29, 0.717) is 0 Å². The molecule has 0 aliphatic rings. The Kier molecular flexibility index (Phi) is 4.66. The van der Waals surface area contributed by atoms with Gasteiger partial charge in [-0.3, -0.25) is 0 Å². The standard InChI is InChI=1S/C24H24/c1-17-5-11-21(12-6-17)20(4)24(22-13-7-18(2)8-14-22)23-15-9-19(3)10-16-23/h5-16H,1-4H3. The molecule has 0 aliphatic heterocycles. The van der Waals surface area contributed by atoms with Crippen molar-refractivity contribution in [3.8, 4) is 0 Å². The topological polar surface area (TPSA) is 0 Å². The third-order valence-electron chi connectivity index (χ3n) is 4.54. The summed E-state index contributed by atoms with van der Waals surface area (Å²) in [5, 5.41) is 0. The van der Waals surface area contributed by atoms with Crippen molar-refractivity contribution >= 4 is 11.1 Å². The van der Waals surface area contributed by atoms with Crippen LogP contribution in [0.15, 0.2) is 72.8 Å². The van der Waals surface area contributed by atoms with Gasteiger partial charge in [0.05, 0.1) is 0 Å². The number of hydrogen-bond donors (Lipinski definition) is 0. The highest BCUT2D eigenvalue weighted by Crippen LogP contribution is 2.32. The molecule has 0 saturated heterocycles. The number of hydrogen-bond acceptors (Lipinski definition) is 0. The van der Waals surface area contributed by atoms with E-state index in [2.05, 4.69) is 100 Å². The molecule has 0 spiro atoms. The molecule has 0 bridgehead atoms. The molecule has 0 aromatic heterocycles. The average molecular weight is 312 g/mol. The minimum atomic E-state index is 1.27. The summed E-state index contributed by atoms with van der Waals surface area (Å²) in [4.78, 5) is 0. The van der Waals surface area contributed by atoms with Gasteiger partial charge in [-0.05, 0) is 55.5 Å². The van der Waals surface area contributed by atoms with Gasteiger partial charge in [0.2, 0.25) is 0 Å². The zero-order chi connectivity index (χ0) is 17.1. The third-order valence-corrected chi connectivity index (χ3v) is 4.54. The van der Waals surface area contributed by atoms with Crippen LogP contribution in [0.1, 0.15) is 40.3 Å². The van der Waals surface area contributed by atoms with Crippen LogP contribution in [0.4, 0.5) is 0 Å². The van der Waals surface area contributed by atoms with Crippen LogP contribution in [0.5, 0.6) is 0 Å². The summed E-state index contributed by atoms with van der Waals surface area (Å²) in [7, 11) is 0. The quantitative estimate of drug-likeness (QED) is 0.478. The zero-order valence-corrected chi connectivity index (χ0v) is 14.9. The molecule has 0 radical (unpaired) electrons. The van der Waals surface area contributed by atoms with E-state index in [1.807, 2.05) is 0 Å². The molecule has 0 fully saturated rings. The molecule has 0 heterocycles. The van der Waals surface area contributed by atoms with Crippen molar-refractivity contribution in [1.82, 2.24) is 0 Å². The van der Waals surface area contributed by atoms with Gasteiger partial charge < -0.3 is 0 Å². The van der Waals surface area contributed by atoms with Gasteiger partial charge in [-0.15, -0.1) is 0 Å². The molecular formula is C24H24. The molecule has 0 aliphatic carbocycles. The Hall–Kier alpha value is -2.60. The first-order chi connectivity index (χ1) is 11.5. The average Bonchev–Trinajstić information content (AvgIpc) is 2.59. The van der Waals surface area contributed by atoms with Crippen LogP contribution in [-0.2, 0) is 0 Å². The summed E-state index contributed by atoms with van der Waals surface area (Å²) in [6.07, 6.45) is 0. The SMILES string of the molecule is CC(=C(c1ccc(C)cc1)c1ccc(C)cc1)c1ccc(C)cc1. The molecule has 3 aromatic rings. The van der Waals surface area contributed by atoms with Gasteiger partial charge in [0, 0.05) is 0 Å². The van der Waals surface area contributed by atoms with Crippen LogP contribution in [0.3, 0.4) is 0 Å². The fraction of sp³-hybridized carbons (Fsp3) is 0.167. The lowest BCUT2D eigenvalue weighted by atomic mass is 9.89. The van der Waals surface area contributed by atoms with Crippen molar-refractivity contribution < 1.29 is 0 Å². The highest BCUT2D eigenvalue weighted by Gasteiger charge is 2.10. The van der Waals surface area contributed by atoms with Crippen molar-refractivity contribution in [2.45, 2.75) is 27.7 Å². The fourth-order valence-corrected chi connectivity index (χ4v) is 2.99. The predicted octanol–water partition coefficient (Wildman–Crippen LogP) is 6.59. The Bertz CT molecular complexity index is 798. The molecule has 0 unspecified atom stereocenters. The van der Waals surface area contributed by atoms with E-state index in [4.69, 9.17) is 0 Å². The molecule has 3 rings (SSSR count). The van der Waals surface area contributed by atoms with Crippen LogP contribution in [0.25, 0.3) is 11.1 Å². The van der Waals surface area contributed by atoms with Crippen molar-refractivity contribution in [2.24, 2.45) is 0 Å². The van der Waals surface area contributed by atoms with Gasteiger partial charge >= 0.3 is 0 Å². The highest BCUT2D eigenvalue weighted by molar-refractivity contribution is 5.97. The zero-order valence-electron chi connectivity index (χ0n) is 14.9. The lowest BCUT2D eigenvalue weighted by Crippen LogP contribution is -1.93. The number of allylic oxidation sites excluding steroid dienone is 1. The molecule has 24 heavy (non-hydrogen) atoms. The van der Waals surface area contributed by atoms with E-state index in [-0.39, 0.29) is 0 Å². The fourth-order valence-electron chi connectivity index (χ4n) is 2.99. The number of benzene rings is 3. The third kappa shape index (κ3) is 3.49. The van der Waals surface area contributed by atoms with Gasteiger partial charge in [0.15, 0.2) is 0 Å². The van der Waals surface area contributed by atoms with Gasteiger partial charge in [-0.1, -0.05) is 89.5 Å². The molecular weight excluding hydrogens is 288 g/mol. The van der Waals surface area contributed by atoms with E-state index in [9.17, 15) is 0 Å². The molecule has 0 N–H and O–H groups in total. The van der Waals surface area contributed by atoms with Gasteiger partial charge in [-0.25, -0.2) is 0 Å². The van der Waals surface area contributed by atoms with E-state index in [0.717, 1.165) is 0 Å². The maximum Gasteiger partial charge on any atom is -0.00762 e. The lowest BCUT2D eigenvalue weighted by Gasteiger charge is -2.15. The summed E-state index contributed by atoms with van der Waals surface area (Å²) in [6.45, 7) is 8.61. The van der Waals surface area contributed by atoms with E-state index >= 15 is 0 Å². The van der Waals surface area contributed by atoms with Crippen molar-refractivity contribution in [3.05, 3.63) is 106 Å². The lowest BCUT2D eigenvalue weighted by molar-refractivity contribution is 1.41. The normalized spacial score (nSPS) is 10.5. The Morgan fingerprint density at radius 2 is 0.750 bits per heavy atom. The van der Waals surface area contributed by atoms with E-state index < -0.39 is 0 Å². The smallest absolute Gasteiger partial charge is 0.00762 e. The van der Waals surface area contributed by atoms with Gasteiger partial charge in [0.1, 0.15) is 0 Å². The number of rotatable bonds is 3. The molecule has 120 valence electrons. The highest BCUT2D eigenvalue weighted by atomic mass is 14.1. The first-order valence-corrected chi connectivity index (χ1v) is 8.46. The Labute approximate surface area is 145 Å². The van der Waals surface area contributed by atoms with E-state index in [1.165, 1.54) is 44.5 Å². The Morgan fingerprint density at radius 3 is 1.08 bits per heavy atom. The summed E-state index contributed by atoms with van der Waals surface area (Å²) in [6, 6.07) is 26.4. The van der Waals surface area contributed by atoms with Crippen LogP contribution in [-0.4, -0.2) is 0 Å². The summed E-state index contributed by atoms with van der Waals surface area (Å²) in [5.74, 6) is 0. The second-order valence-corrected chi connectivity index (χ2v) is 6.60. The maximum absolute atomic E-state index is 2.22. The molecule has 0 amide bonds. The Morgan fingerprint density at radius 1 is 0.458 bits per heavy atom. The van der Waals surface area contributed by atoms with Crippen LogP contribution in [0, 0.1) is 20.8 Å². The van der Waals surface area contributed by atoms with Crippen LogP contribution in [0.2, 0.25) is 0 Å². The minimum absolute atomic E-state index is 1.27. The van der Waals surface area contributed by atoms with Crippen LogP contribution >= 0.6 is 0 Å². The molecule has 0 saturated carbocycles. The monoisotopic (exact) mass is 312 g/mol. The molecule has 0 nitrogen and oxygen atoms in total. The minimum Gasteiger partial charge on any atom is -0.0587 e. The molecule has 0 heteroatoms. The summed E-state index contributed by atoms with van der Waals surface area (Å²) >= 11 is 0. The summed E-state index contributed by atoms with van der Waals surface area (Å²) < 4.78 is 0.